The molecule has 0 aromatic heterocycles. The molecule has 0 unspecified atom stereocenters. The summed E-state index contributed by atoms with van der Waals surface area (Å²) < 4.78 is 0. The Kier molecular flexibility index (Phi) is 4.46. The molecule has 2 fully saturated rings. The maximum Gasteiger partial charge on any atom is 0.303 e. The molecule has 1 saturated carbocycles. The van der Waals surface area contributed by atoms with Crippen molar-refractivity contribution >= 4 is 11.9 Å². The third-order valence-electron chi connectivity index (χ3n) is 5.10. The van der Waals surface area contributed by atoms with Crippen LogP contribution < -0.4 is 0 Å². The lowest BCUT2D eigenvalue weighted by Gasteiger charge is -2.31. The molecular weight excluding hydrogens is 278 g/mol. The van der Waals surface area contributed by atoms with Gasteiger partial charge >= 0.3 is 5.97 Å². The van der Waals surface area contributed by atoms with Gasteiger partial charge < -0.3 is 10.0 Å². The topological polar surface area (TPSA) is 57.6 Å². The Labute approximate surface area is 131 Å². The number of carboxylic acid groups (broad SMARTS) is 1. The first-order valence-corrected chi connectivity index (χ1v) is 8.24. The van der Waals surface area contributed by atoms with Gasteiger partial charge in [-0.3, -0.25) is 9.59 Å². The van der Waals surface area contributed by atoms with Crippen molar-refractivity contribution in [3.8, 4) is 0 Å². The number of benzene rings is 1. The number of aliphatic carboxylic acids is 1. The molecule has 1 aliphatic carbocycles. The quantitative estimate of drug-likeness (QED) is 0.928. The van der Waals surface area contributed by atoms with Crippen LogP contribution in [0.3, 0.4) is 0 Å². The summed E-state index contributed by atoms with van der Waals surface area (Å²) in [6.07, 6.45) is 5.65. The van der Waals surface area contributed by atoms with Crippen LogP contribution in [0.15, 0.2) is 24.3 Å². The van der Waals surface area contributed by atoms with Crippen molar-refractivity contribution in [3.63, 3.8) is 0 Å². The number of rotatable bonds is 4. The second-order valence-electron chi connectivity index (χ2n) is 6.58. The van der Waals surface area contributed by atoms with Crippen LogP contribution in [0.2, 0.25) is 0 Å². The average molecular weight is 301 g/mol. The summed E-state index contributed by atoms with van der Waals surface area (Å²) in [6.45, 7) is 1.34. The Balaban J connectivity index is 1.56. The van der Waals surface area contributed by atoms with Crippen molar-refractivity contribution < 1.29 is 14.7 Å². The van der Waals surface area contributed by atoms with Gasteiger partial charge in [0.1, 0.15) is 0 Å². The van der Waals surface area contributed by atoms with E-state index in [9.17, 15) is 9.59 Å². The molecule has 1 N–H and O–H groups in total. The highest BCUT2D eigenvalue weighted by atomic mass is 16.4. The van der Waals surface area contributed by atoms with Crippen molar-refractivity contribution in [3.05, 3.63) is 35.4 Å². The molecule has 1 aromatic carbocycles. The second-order valence-corrected chi connectivity index (χ2v) is 6.58. The van der Waals surface area contributed by atoms with E-state index >= 15 is 0 Å². The van der Waals surface area contributed by atoms with Crippen LogP contribution in [0.5, 0.6) is 0 Å². The minimum Gasteiger partial charge on any atom is -0.481 e. The van der Waals surface area contributed by atoms with E-state index in [0.29, 0.717) is 19.0 Å². The third-order valence-corrected chi connectivity index (χ3v) is 5.10. The van der Waals surface area contributed by atoms with Crippen LogP contribution in [-0.4, -0.2) is 35.0 Å². The largest absolute Gasteiger partial charge is 0.481 e. The molecule has 1 heterocycles. The van der Waals surface area contributed by atoms with E-state index in [0.717, 1.165) is 18.4 Å². The molecule has 2 aliphatic rings. The van der Waals surface area contributed by atoms with Crippen molar-refractivity contribution in [1.82, 2.24) is 4.90 Å². The zero-order valence-corrected chi connectivity index (χ0v) is 12.8. The second kappa shape index (κ2) is 6.51. The number of hydrogen-bond donors (Lipinski definition) is 1. The Hall–Kier alpha value is -1.84. The van der Waals surface area contributed by atoms with Crippen molar-refractivity contribution in [1.29, 1.82) is 0 Å². The molecule has 22 heavy (non-hydrogen) atoms. The van der Waals surface area contributed by atoms with Gasteiger partial charge in [0, 0.05) is 25.1 Å². The summed E-state index contributed by atoms with van der Waals surface area (Å²) >= 11 is 0. The number of hydrogen-bond acceptors (Lipinski definition) is 2. The van der Waals surface area contributed by atoms with Crippen molar-refractivity contribution in [2.24, 2.45) is 5.92 Å². The fourth-order valence-corrected chi connectivity index (χ4v) is 3.41. The highest BCUT2D eigenvalue weighted by Gasteiger charge is 2.25. The Bertz CT molecular complexity index is 540. The Morgan fingerprint density at radius 3 is 2.18 bits per heavy atom. The lowest BCUT2D eigenvalue weighted by Crippen LogP contribution is -2.38. The number of carbonyl (C=O) groups excluding carboxylic acids is 1. The molecule has 4 nitrogen and oxygen atoms in total. The molecule has 0 atom stereocenters. The van der Waals surface area contributed by atoms with Gasteiger partial charge in [0.05, 0.1) is 0 Å². The van der Waals surface area contributed by atoms with Gasteiger partial charge in [0.2, 0.25) is 0 Å². The van der Waals surface area contributed by atoms with Crippen LogP contribution >= 0.6 is 0 Å². The van der Waals surface area contributed by atoms with E-state index in [4.69, 9.17) is 5.11 Å². The fourth-order valence-electron chi connectivity index (χ4n) is 3.41. The monoisotopic (exact) mass is 301 g/mol. The van der Waals surface area contributed by atoms with Gasteiger partial charge in [0.25, 0.3) is 5.91 Å². The third kappa shape index (κ3) is 3.32. The van der Waals surface area contributed by atoms with Crippen molar-refractivity contribution in [2.45, 2.75) is 44.4 Å². The van der Waals surface area contributed by atoms with Crippen LogP contribution in [0.25, 0.3) is 0 Å². The lowest BCUT2D eigenvalue weighted by atomic mass is 9.80. The van der Waals surface area contributed by atoms with Gasteiger partial charge in [-0.05, 0) is 55.2 Å². The minimum atomic E-state index is -0.739. The zero-order chi connectivity index (χ0) is 15.5. The normalized spacial score (nSPS) is 19.7. The summed E-state index contributed by atoms with van der Waals surface area (Å²) in [7, 11) is 0. The Morgan fingerprint density at radius 2 is 1.68 bits per heavy atom. The standard InChI is InChI=1S/C18H23NO3/c20-17(21)12-13-8-10-19(11-9-13)18(22)16-6-4-15(5-7-16)14-2-1-3-14/h4-7,13-14H,1-3,8-12H2,(H,20,21). The van der Waals surface area contributed by atoms with E-state index in [1.54, 1.807) is 0 Å². The maximum absolute atomic E-state index is 12.5. The number of amides is 1. The molecule has 1 aliphatic heterocycles. The highest BCUT2D eigenvalue weighted by molar-refractivity contribution is 5.94. The Morgan fingerprint density at radius 1 is 1.05 bits per heavy atom. The van der Waals surface area contributed by atoms with E-state index < -0.39 is 5.97 Å². The van der Waals surface area contributed by atoms with Crippen LogP contribution in [0.1, 0.15) is 60.4 Å². The number of nitrogens with zero attached hydrogens (tertiary/aromatic N) is 1. The molecule has 1 amide bonds. The summed E-state index contributed by atoms with van der Waals surface area (Å²) in [5, 5.41) is 8.83. The van der Waals surface area contributed by atoms with Gasteiger partial charge in [0.15, 0.2) is 0 Å². The molecule has 3 rings (SSSR count). The predicted molar refractivity (Wildman–Crippen MR) is 83.9 cm³/mol. The first kappa shape index (κ1) is 15.1. The molecule has 0 spiro atoms. The molecule has 1 aromatic rings. The van der Waals surface area contributed by atoms with Gasteiger partial charge in [-0.15, -0.1) is 0 Å². The number of carbonyl (C=O) groups is 2. The van der Waals surface area contributed by atoms with E-state index in [2.05, 4.69) is 12.1 Å². The highest BCUT2D eigenvalue weighted by Crippen LogP contribution is 2.36. The molecule has 4 heteroatoms. The molecule has 0 radical (unpaired) electrons. The fraction of sp³-hybridized carbons (Fsp3) is 0.556. The van der Waals surface area contributed by atoms with E-state index in [1.165, 1.54) is 24.8 Å². The summed E-state index contributed by atoms with van der Waals surface area (Å²) in [5.74, 6) is 0.240. The van der Waals surface area contributed by atoms with E-state index in [-0.39, 0.29) is 18.2 Å². The number of carboxylic acids is 1. The zero-order valence-electron chi connectivity index (χ0n) is 12.8. The minimum absolute atomic E-state index is 0.0777. The maximum atomic E-state index is 12.5. The number of likely N-dealkylation sites (tertiary alicyclic amines) is 1. The number of piperidine rings is 1. The van der Waals surface area contributed by atoms with Gasteiger partial charge in [-0.2, -0.15) is 0 Å². The molecule has 1 saturated heterocycles. The molecule has 0 bridgehead atoms. The summed E-state index contributed by atoms with van der Waals surface area (Å²) in [4.78, 5) is 25.1. The predicted octanol–water partition coefficient (Wildman–Crippen LogP) is 3.28. The summed E-state index contributed by atoms with van der Waals surface area (Å²) in [6, 6.07) is 8.07. The van der Waals surface area contributed by atoms with Crippen LogP contribution in [0, 0.1) is 5.92 Å². The first-order valence-electron chi connectivity index (χ1n) is 8.24. The SMILES string of the molecule is O=C(O)CC1CCN(C(=O)c2ccc(C3CCC3)cc2)CC1. The van der Waals surface area contributed by atoms with Crippen LogP contribution in [0.4, 0.5) is 0 Å². The first-order chi connectivity index (χ1) is 10.6. The lowest BCUT2D eigenvalue weighted by molar-refractivity contribution is -0.138. The smallest absolute Gasteiger partial charge is 0.303 e. The average Bonchev–Trinajstić information content (AvgIpc) is 2.46. The van der Waals surface area contributed by atoms with Crippen LogP contribution in [-0.2, 0) is 4.79 Å². The molecular formula is C18H23NO3. The van der Waals surface area contributed by atoms with E-state index in [1.807, 2.05) is 17.0 Å². The summed E-state index contributed by atoms with van der Waals surface area (Å²) in [5.41, 5.74) is 2.10. The van der Waals surface area contributed by atoms with Gasteiger partial charge in [-0.25, -0.2) is 0 Å². The van der Waals surface area contributed by atoms with Crippen molar-refractivity contribution in [2.75, 3.05) is 13.1 Å². The molecule has 118 valence electrons. The van der Waals surface area contributed by atoms with Gasteiger partial charge in [-0.1, -0.05) is 18.6 Å².